The Morgan fingerprint density at radius 1 is 1.20 bits per heavy atom. The second kappa shape index (κ2) is 3.65. The van der Waals surface area contributed by atoms with Gasteiger partial charge in [0.25, 0.3) is 0 Å². The van der Waals surface area contributed by atoms with Crippen LogP contribution in [0.3, 0.4) is 0 Å². The van der Waals surface area contributed by atoms with E-state index in [9.17, 15) is 0 Å². The maximum absolute atomic E-state index is 4.09. The minimum absolute atomic E-state index is 0.223. The Bertz CT molecular complexity index is 399. The maximum Gasteiger partial charge on any atom is 0.0277 e. The third-order valence-electron chi connectivity index (χ3n) is 3.29. The molecule has 1 unspecified atom stereocenters. The molecule has 1 heteroatoms. The Kier molecular flexibility index (Phi) is 2.47. The predicted octanol–water partition coefficient (Wildman–Crippen LogP) is 3.44. The van der Waals surface area contributed by atoms with Gasteiger partial charge in [0.2, 0.25) is 0 Å². The Morgan fingerprint density at radius 2 is 1.87 bits per heavy atom. The molecule has 0 aromatic heterocycles. The molecule has 1 aromatic carbocycles. The second-order valence-corrected chi connectivity index (χ2v) is 4.62. The minimum atomic E-state index is 0.223. The highest BCUT2D eigenvalue weighted by molar-refractivity contribution is 5.83. The molecule has 15 heavy (non-hydrogen) atoms. The first-order chi connectivity index (χ1) is 7.16. The molecule has 0 amide bonds. The molecule has 0 saturated carbocycles. The highest BCUT2D eigenvalue weighted by atomic mass is 14.7. The van der Waals surface area contributed by atoms with Gasteiger partial charge in [0.15, 0.2) is 0 Å². The molecule has 0 saturated heterocycles. The zero-order chi connectivity index (χ0) is 10.9. The van der Waals surface area contributed by atoms with Gasteiger partial charge < -0.3 is 0 Å². The first-order valence-corrected chi connectivity index (χ1v) is 5.35. The molecule has 0 heterocycles. The van der Waals surface area contributed by atoms with E-state index in [-0.39, 0.29) is 5.41 Å². The van der Waals surface area contributed by atoms with Gasteiger partial charge >= 0.3 is 0 Å². The van der Waals surface area contributed by atoms with Crippen molar-refractivity contribution in [1.82, 2.24) is 0 Å². The van der Waals surface area contributed by atoms with Crippen LogP contribution in [-0.2, 0) is 0 Å². The van der Waals surface area contributed by atoms with Gasteiger partial charge in [-0.2, -0.15) is 0 Å². The number of nitrogens with zero attached hydrogens (tertiary/aromatic N) is 1. The number of rotatable bonds is 2. The van der Waals surface area contributed by atoms with E-state index in [0.29, 0.717) is 5.92 Å². The molecule has 1 aliphatic carbocycles. The number of aliphatic imine (C=N–C) groups is 1. The van der Waals surface area contributed by atoms with Crippen molar-refractivity contribution in [3.05, 3.63) is 47.5 Å². The van der Waals surface area contributed by atoms with E-state index in [1.54, 1.807) is 0 Å². The van der Waals surface area contributed by atoms with Crippen LogP contribution >= 0.6 is 0 Å². The molecular formula is C14H17N. The Labute approximate surface area is 91.6 Å². The Morgan fingerprint density at radius 3 is 2.40 bits per heavy atom. The summed E-state index contributed by atoms with van der Waals surface area (Å²) in [6, 6.07) is 10.7. The molecule has 0 fully saturated rings. The van der Waals surface area contributed by atoms with E-state index in [1.165, 1.54) is 11.1 Å². The van der Waals surface area contributed by atoms with Crippen molar-refractivity contribution >= 4 is 6.21 Å². The average Bonchev–Trinajstić information content (AvgIpc) is 2.25. The second-order valence-electron chi connectivity index (χ2n) is 4.62. The maximum atomic E-state index is 4.09. The lowest BCUT2D eigenvalue weighted by Crippen LogP contribution is -2.32. The van der Waals surface area contributed by atoms with Gasteiger partial charge in [-0.05, 0) is 11.1 Å². The van der Waals surface area contributed by atoms with Crippen LogP contribution in [0.5, 0.6) is 0 Å². The Balaban J connectivity index is 2.29. The summed E-state index contributed by atoms with van der Waals surface area (Å²) in [6.07, 6.45) is 4.28. The van der Waals surface area contributed by atoms with Crippen LogP contribution in [-0.4, -0.2) is 13.3 Å². The molecule has 2 rings (SSSR count). The summed E-state index contributed by atoms with van der Waals surface area (Å²) in [6.45, 7) is 4.56. The molecule has 1 nitrogen and oxygen atoms in total. The largest absolute Gasteiger partial charge is 0.296 e. The third-order valence-corrected chi connectivity index (χ3v) is 3.29. The SMILES string of the molecule is CN=CC1=CC(c2ccccc2)C1(C)C. The lowest BCUT2D eigenvalue weighted by atomic mass is 9.61. The fourth-order valence-electron chi connectivity index (χ4n) is 2.21. The first kappa shape index (κ1) is 10.2. The smallest absolute Gasteiger partial charge is 0.0277 e. The summed E-state index contributed by atoms with van der Waals surface area (Å²) >= 11 is 0. The van der Waals surface area contributed by atoms with Gasteiger partial charge in [0, 0.05) is 24.6 Å². The van der Waals surface area contributed by atoms with Gasteiger partial charge in [0.05, 0.1) is 0 Å². The van der Waals surface area contributed by atoms with Crippen LogP contribution in [0.1, 0.15) is 25.3 Å². The Hall–Kier alpha value is -1.37. The van der Waals surface area contributed by atoms with E-state index in [0.717, 1.165) is 0 Å². The van der Waals surface area contributed by atoms with Crippen LogP contribution in [0.2, 0.25) is 0 Å². The molecule has 78 valence electrons. The highest BCUT2D eigenvalue weighted by Gasteiger charge is 2.39. The zero-order valence-corrected chi connectivity index (χ0v) is 9.57. The number of hydrogen-bond donors (Lipinski definition) is 0. The number of benzene rings is 1. The van der Waals surface area contributed by atoms with Crippen LogP contribution < -0.4 is 0 Å². The third kappa shape index (κ3) is 1.63. The summed E-state index contributed by atoms with van der Waals surface area (Å²) in [5.74, 6) is 0.534. The van der Waals surface area contributed by atoms with Gasteiger partial charge in [-0.15, -0.1) is 0 Å². The summed E-state index contributed by atoms with van der Waals surface area (Å²) in [7, 11) is 1.83. The van der Waals surface area contributed by atoms with Gasteiger partial charge in [-0.1, -0.05) is 50.3 Å². The lowest BCUT2D eigenvalue weighted by molar-refractivity contribution is 0.363. The average molecular weight is 199 g/mol. The van der Waals surface area contributed by atoms with E-state index in [1.807, 2.05) is 13.3 Å². The van der Waals surface area contributed by atoms with Crippen molar-refractivity contribution in [1.29, 1.82) is 0 Å². The molecule has 0 radical (unpaired) electrons. The van der Waals surface area contributed by atoms with E-state index < -0.39 is 0 Å². The standard InChI is InChI=1S/C14H17N/c1-14(2)12(10-15-3)9-13(14)11-7-5-4-6-8-11/h4-10,13H,1-3H3. The summed E-state index contributed by atoms with van der Waals surface area (Å²) in [4.78, 5) is 4.09. The first-order valence-electron chi connectivity index (χ1n) is 5.35. The van der Waals surface area contributed by atoms with E-state index in [4.69, 9.17) is 0 Å². The van der Waals surface area contributed by atoms with Gasteiger partial charge in [0.1, 0.15) is 0 Å². The number of hydrogen-bond acceptors (Lipinski definition) is 1. The topological polar surface area (TPSA) is 12.4 Å². The van der Waals surface area contributed by atoms with Crippen LogP contribution in [0.15, 0.2) is 47.0 Å². The fraction of sp³-hybridized carbons (Fsp3) is 0.357. The van der Waals surface area contributed by atoms with Crippen LogP contribution in [0.4, 0.5) is 0 Å². The van der Waals surface area contributed by atoms with E-state index in [2.05, 4.69) is 55.2 Å². The molecule has 0 spiro atoms. The van der Waals surface area contributed by atoms with E-state index >= 15 is 0 Å². The quantitative estimate of drug-likeness (QED) is 0.647. The van der Waals surface area contributed by atoms with Crippen LogP contribution in [0.25, 0.3) is 0 Å². The summed E-state index contributed by atoms with van der Waals surface area (Å²) in [5, 5.41) is 0. The molecule has 0 N–H and O–H groups in total. The lowest BCUT2D eigenvalue weighted by Gasteiger charge is -2.42. The normalized spacial score (nSPS) is 23.7. The zero-order valence-electron chi connectivity index (χ0n) is 9.57. The van der Waals surface area contributed by atoms with Gasteiger partial charge in [-0.25, -0.2) is 0 Å². The minimum Gasteiger partial charge on any atom is -0.296 e. The fourth-order valence-corrected chi connectivity index (χ4v) is 2.21. The molecule has 1 aromatic rings. The van der Waals surface area contributed by atoms with Gasteiger partial charge in [-0.3, -0.25) is 4.99 Å². The molecule has 1 atom stereocenters. The van der Waals surface area contributed by atoms with Crippen molar-refractivity contribution in [2.45, 2.75) is 19.8 Å². The molecular weight excluding hydrogens is 182 g/mol. The summed E-state index contributed by atoms with van der Waals surface area (Å²) in [5.41, 5.74) is 2.97. The van der Waals surface area contributed by atoms with Crippen molar-refractivity contribution < 1.29 is 0 Å². The molecule has 1 aliphatic rings. The predicted molar refractivity (Wildman–Crippen MR) is 65.5 cm³/mol. The molecule has 0 bridgehead atoms. The number of allylic oxidation sites excluding steroid dienone is 2. The summed E-state index contributed by atoms with van der Waals surface area (Å²) < 4.78 is 0. The van der Waals surface area contributed by atoms with Crippen molar-refractivity contribution in [3.8, 4) is 0 Å². The van der Waals surface area contributed by atoms with Crippen molar-refractivity contribution in [2.24, 2.45) is 10.4 Å². The molecule has 0 aliphatic heterocycles. The van der Waals surface area contributed by atoms with Crippen molar-refractivity contribution in [2.75, 3.05) is 7.05 Å². The highest BCUT2D eigenvalue weighted by Crippen LogP contribution is 2.50. The van der Waals surface area contributed by atoms with Crippen molar-refractivity contribution in [3.63, 3.8) is 0 Å². The monoisotopic (exact) mass is 199 g/mol. The van der Waals surface area contributed by atoms with Crippen LogP contribution in [0, 0.1) is 5.41 Å².